The Hall–Kier alpha value is -3.09. The standard InChI is InChI=1S/C28H27N3O2S/c1-17-12-19(13-18(2)22(17)16-31-14-20(15-31)27(32)33)25-29-23-8-9-24(30-26(23)34-25)28(10-11-28)21-6-4-3-5-7-21/h3-9,12-13,20H,10-11,14-16H2,1-2H3,(H,32,33). The van der Waals surface area contributed by atoms with Crippen LogP contribution in [0.3, 0.4) is 0 Å². The smallest absolute Gasteiger partial charge is 0.309 e. The highest BCUT2D eigenvalue weighted by Crippen LogP contribution is 2.53. The molecular weight excluding hydrogens is 442 g/mol. The Labute approximate surface area is 203 Å². The van der Waals surface area contributed by atoms with Gasteiger partial charge in [0.2, 0.25) is 0 Å². The summed E-state index contributed by atoms with van der Waals surface area (Å²) in [6.45, 7) is 6.34. The number of hydrogen-bond acceptors (Lipinski definition) is 5. The Bertz CT molecular complexity index is 1380. The lowest BCUT2D eigenvalue weighted by molar-refractivity contribution is -0.147. The molecule has 2 aromatic heterocycles. The number of rotatable bonds is 6. The first-order chi connectivity index (χ1) is 16.4. The maximum Gasteiger partial charge on any atom is 0.309 e. The van der Waals surface area contributed by atoms with Crippen molar-refractivity contribution in [3.8, 4) is 10.6 Å². The molecule has 0 radical (unpaired) electrons. The molecule has 2 fully saturated rings. The number of carboxylic acid groups (broad SMARTS) is 1. The van der Waals surface area contributed by atoms with Gasteiger partial charge in [-0.25, -0.2) is 9.97 Å². The maximum absolute atomic E-state index is 11.1. The van der Waals surface area contributed by atoms with E-state index in [2.05, 4.69) is 73.3 Å². The molecule has 1 saturated carbocycles. The number of thiazole rings is 1. The molecule has 3 heterocycles. The number of aliphatic carboxylic acids is 1. The highest BCUT2D eigenvalue weighted by molar-refractivity contribution is 7.21. The number of likely N-dealkylation sites (tertiary alicyclic amines) is 1. The van der Waals surface area contributed by atoms with Crippen LogP contribution in [0, 0.1) is 19.8 Å². The first kappa shape index (κ1) is 21.4. The van der Waals surface area contributed by atoms with Crippen LogP contribution in [-0.4, -0.2) is 39.0 Å². The van der Waals surface area contributed by atoms with E-state index in [-0.39, 0.29) is 11.3 Å². The summed E-state index contributed by atoms with van der Waals surface area (Å²) in [7, 11) is 0. The minimum Gasteiger partial charge on any atom is -0.481 e. The Morgan fingerprint density at radius 2 is 1.76 bits per heavy atom. The number of aryl methyl sites for hydroxylation is 2. The predicted octanol–water partition coefficient (Wildman–Crippen LogP) is 5.57. The second kappa shape index (κ2) is 8.00. The van der Waals surface area contributed by atoms with E-state index in [9.17, 15) is 4.79 Å². The van der Waals surface area contributed by atoms with E-state index >= 15 is 0 Å². The van der Waals surface area contributed by atoms with E-state index < -0.39 is 5.97 Å². The normalized spacial score (nSPS) is 17.6. The summed E-state index contributed by atoms with van der Waals surface area (Å²) >= 11 is 1.66. The number of carbonyl (C=O) groups is 1. The van der Waals surface area contributed by atoms with Crippen molar-refractivity contribution in [2.75, 3.05) is 13.1 Å². The lowest BCUT2D eigenvalue weighted by atomic mass is 9.92. The Kier molecular flexibility index (Phi) is 5.04. The zero-order chi connectivity index (χ0) is 23.4. The van der Waals surface area contributed by atoms with Crippen LogP contribution >= 0.6 is 11.3 Å². The SMILES string of the molecule is Cc1cc(-c2nc3ccc(C4(c5ccccc5)CC4)nc3s2)cc(C)c1CN1CC(C(=O)O)C1. The Balaban J connectivity index is 1.27. The lowest BCUT2D eigenvalue weighted by Gasteiger charge is -2.37. The molecular formula is C28H27N3O2S. The molecule has 1 N–H and O–H groups in total. The van der Waals surface area contributed by atoms with Crippen molar-refractivity contribution in [1.29, 1.82) is 0 Å². The molecule has 1 saturated heterocycles. The van der Waals surface area contributed by atoms with Crippen LogP contribution in [0.5, 0.6) is 0 Å². The van der Waals surface area contributed by atoms with Crippen molar-refractivity contribution in [2.24, 2.45) is 5.92 Å². The van der Waals surface area contributed by atoms with Gasteiger partial charge in [-0.2, -0.15) is 0 Å². The number of fused-ring (bicyclic) bond motifs is 1. The number of pyridine rings is 1. The van der Waals surface area contributed by atoms with Crippen LogP contribution < -0.4 is 0 Å². The Morgan fingerprint density at radius 1 is 1.06 bits per heavy atom. The Morgan fingerprint density at radius 3 is 2.41 bits per heavy atom. The van der Waals surface area contributed by atoms with Crippen LogP contribution in [0.15, 0.2) is 54.6 Å². The summed E-state index contributed by atoms with van der Waals surface area (Å²) in [4.78, 5) is 24.3. The van der Waals surface area contributed by atoms with Crippen LogP contribution in [0.1, 0.15) is 40.8 Å². The summed E-state index contributed by atoms with van der Waals surface area (Å²) in [6, 6.07) is 19.4. The van der Waals surface area contributed by atoms with Crippen LogP contribution in [-0.2, 0) is 16.8 Å². The summed E-state index contributed by atoms with van der Waals surface area (Å²) in [5, 5.41) is 10.1. The molecule has 2 aliphatic rings. The number of benzene rings is 2. The van der Waals surface area contributed by atoms with Gasteiger partial charge in [-0.1, -0.05) is 41.7 Å². The second-order valence-electron chi connectivity index (χ2n) is 9.81. The van der Waals surface area contributed by atoms with Crippen molar-refractivity contribution < 1.29 is 9.90 Å². The summed E-state index contributed by atoms with van der Waals surface area (Å²) in [6.07, 6.45) is 2.29. The molecule has 1 aliphatic carbocycles. The van der Waals surface area contributed by atoms with Crippen molar-refractivity contribution >= 4 is 27.7 Å². The van der Waals surface area contributed by atoms with Gasteiger partial charge in [0, 0.05) is 30.6 Å². The van der Waals surface area contributed by atoms with Crippen molar-refractivity contribution in [2.45, 2.75) is 38.6 Å². The topological polar surface area (TPSA) is 66.3 Å². The van der Waals surface area contributed by atoms with Gasteiger partial charge < -0.3 is 5.11 Å². The van der Waals surface area contributed by atoms with E-state index in [1.807, 2.05) is 0 Å². The molecule has 0 unspecified atom stereocenters. The predicted molar refractivity (Wildman–Crippen MR) is 135 cm³/mol. The van der Waals surface area contributed by atoms with Gasteiger partial charge in [0.1, 0.15) is 15.4 Å². The fraction of sp³-hybridized carbons (Fsp3) is 0.321. The molecule has 6 rings (SSSR count). The van der Waals surface area contributed by atoms with E-state index in [0.717, 1.165) is 46.0 Å². The minimum absolute atomic E-state index is 0.0604. The van der Waals surface area contributed by atoms with Crippen molar-refractivity contribution in [1.82, 2.24) is 14.9 Å². The third-order valence-corrected chi connectivity index (χ3v) is 8.47. The molecule has 0 atom stereocenters. The molecule has 172 valence electrons. The van der Waals surface area contributed by atoms with Crippen LogP contribution in [0.4, 0.5) is 0 Å². The van der Waals surface area contributed by atoms with Crippen LogP contribution in [0.25, 0.3) is 20.9 Å². The third-order valence-electron chi connectivity index (χ3n) is 7.45. The fourth-order valence-corrected chi connectivity index (χ4v) is 6.15. The number of hydrogen-bond donors (Lipinski definition) is 1. The molecule has 1 aliphatic heterocycles. The number of nitrogens with zero attached hydrogens (tertiary/aromatic N) is 3. The van der Waals surface area contributed by atoms with Crippen LogP contribution in [0.2, 0.25) is 0 Å². The molecule has 0 bridgehead atoms. The highest BCUT2D eigenvalue weighted by Gasteiger charge is 2.47. The van der Waals surface area contributed by atoms with Gasteiger partial charge in [0.15, 0.2) is 0 Å². The summed E-state index contributed by atoms with van der Waals surface area (Å²) in [5.74, 6) is -0.916. The fourth-order valence-electron chi connectivity index (χ4n) is 5.23. The molecule has 2 aromatic carbocycles. The van der Waals surface area contributed by atoms with Gasteiger partial charge in [0.25, 0.3) is 0 Å². The zero-order valence-electron chi connectivity index (χ0n) is 19.4. The summed E-state index contributed by atoms with van der Waals surface area (Å²) in [5.41, 5.74) is 8.37. The number of aromatic nitrogens is 2. The summed E-state index contributed by atoms with van der Waals surface area (Å²) < 4.78 is 0. The molecule has 34 heavy (non-hydrogen) atoms. The first-order valence-electron chi connectivity index (χ1n) is 11.8. The van der Waals surface area contributed by atoms with Gasteiger partial charge in [-0.05, 0) is 73.2 Å². The molecule has 0 spiro atoms. The van der Waals surface area contributed by atoms with E-state index in [1.165, 1.54) is 22.3 Å². The van der Waals surface area contributed by atoms with Gasteiger partial charge in [-0.3, -0.25) is 9.69 Å². The molecule has 0 amide bonds. The van der Waals surface area contributed by atoms with Crippen molar-refractivity contribution in [3.63, 3.8) is 0 Å². The average molecular weight is 470 g/mol. The first-order valence-corrected chi connectivity index (χ1v) is 12.6. The monoisotopic (exact) mass is 469 g/mol. The quantitative estimate of drug-likeness (QED) is 0.400. The van der Waals surface area contributed by atoms with Crippen molar-refractivity contribution in [3.05, 3.63) is 82.5 Å². The third kappa shape index (κ3) is 3.62. The lowest BCUT2D eigenvalue weighted by Crippen LogP contribution is -2.49. The van der Waals surface area contributed by atoms with E-state index in [1.54, 1.807) is 11.3 Å². The molecule has 5 nitrogen and oxygen atoms in total. The minimum atomic E-state index is -0.691. The van der Waals surface area contributed by atoms with Gasteiger partial charge in [-0.15, -0.1) is 0 Å². The van der Waals surface area contributed by atoms with Gasteiger partial charge in [0.05, 0.1) is 11.6 Å². The maximum atomic E-state index is 11.1. The second-order valence-corrected chi connectivity index (χ2v) is 10.8. The van der Waals surface area contributed by atoms with Gasteiger partial charge >= 0.3 is 5.97 Å². The van der Waals surface area contributed by atoms with E-state index in [4.69, 9.17) is 15.1 Å². The largest absolute Gasteiger partial charge is 0.481 e. The molecule has 4 aromatic rings. The zero-order valence-corrected chi connectivity index (χ0v) is 20.2. The molecule has 6 heteroatoms. The highest BCUT2D eigenvalue weighted by atomic mass is 32.1. The number of carboxylic acids is 1. The average Bonchev–Trinajstić information content (AvgIpc) is 3.50. The van der Waals surface area contributed by atoms with E-state index in [0.29, 0.717) is 13.1 Å².